The van der Waals surface area contributed by atoms with Crippen LogP contribution in [0.3, 0.4) is 0 Å². The number of hydrogen-bond acceptors (Lipinski definition) is 3. The number of halogens is 2. The van der Waals surface area contributed by atoms with E-state index in [1.807, 2.05) is 0 Å². The number of ether oxygens (including phenoxy) is 1. The first kappa shape index (κ1) is 12.0. The van der Waals surface area contributed by atoms with Crippen LogP contribution in [0.4, 0.5) is 4.39 Å². The molecule has 7 heteroatoms. The van der Waals surface area contributed by atoms with Gasteiger partial charge in [0, 0.05) is 0 Å². The third kappa shape index (κ3) is 2.80. The Kier molecular flexibility index (Phi) is 3.39. The normalized spacial score (nSPS) is 10.2. The molecule has 1 aromatic heterocycles. The van der Waals surface area contributed by atoms with Crippen molar-refractivity contribution in [3.63, 3.8) is 0 Å². The smallest absolute Gasteiger partial charge is 0.294 e. The molecule has 1 aromatic carbocycles. The van der Waals surface area contributed by atoms with Gasteiger partial charge >= 0.3 is 0 Å². The fourth-order valence-corrected chi connectivity index (χ4v) is 1.73. The van der Waals surface area contributed by atoms with E-state index in [0.29, 0.717) is 10.2 Å². The predicted molar refractivity (Wildman–Crippen MR) is 66.4 cm³/mol. The van der Waals surface area contributed by atoms with Crippen LogP contribution in [0.15, 0.2) is 33.7 Å². The summed E-state index contributed by atoms with van der Waals surface area (Å²) in [5, 5.41) is 0. The molecule has 0 atom stereocenters. The van der Waals surface area contributed by atoms with E-state index < -0.39 is 11.4 Å². The molecule has 17 heavy (non-hydrogen) atoms. The number of H-pyrrole nitrogens is 2. The average Bonchev–Trinajstić information content (AvgIpc) is 2.25. The van der Waals surface area contributed by atoms with Crippen LogP contribution in [0, 0.1) is 10.6 Å². The zero-order valence-electron chi connectivity index (χ0n) is 8.29. The number of rotatable bonds is 2. The third-order valence-corrected chi connectivity index (χ3v) is 2.74. The van der Waals surface area contributed by atoms with Gasteiger partial charge in [0.25, 0.3) is 5.56 Å². The minimum absolute atomic E-state index is 0.0471. The molecule has 88 valence electrons. The molecule has 2 N–H and O–H groups in total. The van der Waals surface area contributed by atoms with Crippen molar-refractivity contribution in [2.45, 2.75) is 0 Å². The Balaban J connectivity index is 2.38. The Morgan fingerprint density at radius 1 is 1.35 bits per heavy atom. The van der Waals surface area contributed by atoms with Crippen LogP contribution < -0.4 is 10.3 Å². The van der Waals surface area contributed by atoms with E-state index >= 15 is 0 Å². The predicted octanol–water partition coefficient (Wildman–Crippen LogP) is 3.13. The standard InChI is InChI=1S/C10H6BrFN2O2S/c11-6-3-5(12)1-2-7(6)16-8-4-13-10(17)14-9(8)15/h1-4H,(H2,13,14,15,17). The number of nitrogens with one attached hydrogen (secondary N) is 2. The van der Waals surface area contributed by atoms with Gasteiger partial charge in [-0.3, -0.25) is 9.78 Å². The number of benzene rings is 1. The highest BCUT2D eigenvalue weighted by Gasteiger charge is 2.06. The summed E-state index contributed by atoms with van der Waals surface area (Å²) in [4.78, 5) is 16.5. The molecule has 0 aliphatic rings. The molecule has 0 unspecified atom stereocenters. The van der Waals surface area contributed by atoms with Crippen LogP contribution in [-0.2, 0) is 0 Å². The summed E-state index contributed by atoms with van der Waals surface area (Å²) < 4.78 is 18.8. The lowest BCUT2D eigenvalue weighted by molar-refractivity contribution is 0.466. The second-order valence-corrected chi connectivity index (χ2v) is 4.38. The highest BCUT2D eigenvalue weighted by atomic mass is 79.9. The quantitative estimate of drug-likeness (QED) is 0.837. The molecule has 0 fully saturated rings. The highest BCUT2D eigenvalue weighted by molar-refractivity contribution is 9.10. The molecule has 4 nitrogen and oxygen atoms in total. The van der Waals surface area contributed by atoms with E-state index in [2.05, 4.69) is 25.9 Å². The summed E-state index contributed by atoms with van der Waals surface area (Å²) in [6.07, 6.45) is 1.34. The maximum atomic E-state index is 12.8. The van der Waals surface area contributed by atoms with Crippen LogP contribution in [0.25, 0.3) is 0 Å². The average molecular weight is 317 g/mol. The van der Waals surface area contributed by atoms with Crippen molar-refractivity contribution < 1.29 is 9.13 Å². The van der Waals surface area contributed by atoms with Gasteiger partial charge in [-0.1, -0.05) is 0 Å². The molecule has 0 radical (unpaired) electrons. The van der Waals surface area contributed by atoms with E-state index in [0.717, 1.165) is 0 Å². The summed E-state index contributed by atoms with van der Waals surface area (Å²) in [7, 11) is 0. The molecule has 0 aliphatic carbocycles. The SMILES string of the molecule is O=c1[nH]c(=S)[nH]cc1Oc1ccc(F)cc1Br. The first-order chi connectivity index (χ1) is 8.06. The van der Waals surface area contributed by atoms with Crippen LogP contribution >= 0.6 is 28.1 Å². The van der Waals surface area contributed by atoms with E-state index in [9.17, 15) is 9.18 Å². The van der Waals surface area contributed by atoms with E-state index in [1.165, 1.54) is 24.4 Å². The summed E-state index contributed by atoms with van der Waals surface area (Å²) in [5.41, 5.74) is -0.454. The monoisotopic (exact) mass is 316 g/mol. The van der Waals surface area contributed by atoms with Gasteiger partial charge in [0.2, 0.25) is 5.75 Å². The maximum Gasteiger partial charge on any atom is 0.294 e. The van der Waals surface area contributed by atoms with Gasteiger partial charge in [0.1, 0.15) is 11.6 Å². The van der Waals surface area contributed by atoms with Crippen molar-refractivity contribution in [1.29, 1.82) is 0 Å². The summed E-state index contributed by atoms with van der Waals surface area (Å²) in [6.45, 7) is 0. The molecular weight excluding hydrogens is 311 g/mol. The summed E-state index contributed by atoms with van der Waals surface area (Å²) >= 11 is 7.88. The van der Waals surface area contributed by atoms with Crippen molar-refractivity contribution in [2.24, 2.45) is 0 Å². The Labute approximate surface area is 109 Å². The molecule has 1 heterocycles. The van der Waals surface area contributed by atoms with Crippen molar-refractivity contribution in [1.82, 2.24) is 9.97 Å². The fraction of sp³-hybridized carbons (Fsp3) is 0. The van der Waals surface area contributed by atoms with Crippen LogP contribution in [0.1, 0.15) is 0 Å². The molecule has 2 aromatic rings. The number of aromatic nitrogens is 2. The van der Waals surface area contributed by atoms with Crippen molar-refractivity contribution >= 4 is 28.1 Å². The zero-order valence-corrected chi connectivity index (χ0v) is 10.7. The Bertz CT molecular complexity index is 668. The van der Waals surface area contributed by atoms with Crippen LogP contribution in [-0.4, -0.2) is 9.97 Å². The molecule has 0 saturated heterocycles. The van der Waals surface area contributed by atoms with Crippen LogP contribution in [0.2, 0.25) is 0 Å². The summed E-state index contributed by atoms with van der Waals surface area (Å²) in [5.74, 6) is -0.0149. The van der Waals surface area contributed by atoms with Gasteiger partial charge in [-0.15, -0.1) is 0 Å². The summed E-state index contributed by atoms with van der Waals surface area (Å²) in [6, 6.07) is 3.90. The topological polar surface area (TPSA) is 57.9 Å². The Morgan fingerprint density at radius 2 is 2.12 bits per heavy atom. The van der Waals surface area contributed by atoms with Gasteiger partial charge in [0.05, 0.1) is 10.7 Å². The van der Waals surface area contributed by atoms with Crippen molar-refractivity contribution in [2.75, 3.05) is 0 Å². The zero-order chi connectivity index (χ0) is 12.4. The lowest BCUT2D eigenvalue weighted by atomic mass is 10.3. The van der Waals surface area contributed by atoms with Gasteiger partial charge < -0.3 is 9.72 Å². The minimum atomic E-state index is -0.454. The van der Waals surface area contributed by atoms with Gasteiger partial charge in [-0.25, -0.2) is 4.39 Å². The largest absolute Gasteiger partial charge is 0.449 e. The highest BCUT2D eigenvalue weighted by Crippen LogP contribution is 2.28. The first-order valence-electron chi connectivity index (χ1n) is 4.51. The Morgan fingerprint density at radius 3 is 2.76 bits per heavy atom. The van der Waals surface area contributed by atoms with Crippen molar-refractivity contribution in [3.8, 4) is 11.5 Å². The second-order valence-electron chi connectivity index (χ2n) is 3.11. The fourth-order valence-electron chi connectivity index (χ4n) is 1.15. The minimum Gasteiger partial charge on any atom is -0.449 e. The van der Waals surface area contributed by atoms with E-state index in [-0.39, 0.29) is 10.5 Å². The molecule has 0 aliphatic heterocycles. The molecular formula is C10H6BrFN2O2S. The maximum absolute atomic E-state index is 12.8. The van der Waals surface area contributed by atoms with Crippen molar-refractivity contribution in [3.05, 3.63) is 49.8 Å². The van der Waals surface area contributed by atoms with Crippen LogP contribution in [0.5, 0.6) is 11.5 Å². The van der Waals surface area contributed by atoms with Gasteiger partial charge in [-0.05, 0) is 46.3 Å². The Hall–Kier alpha value is -1.47. The molecule has 0 bridgehead atoms. The number of aromatic amines is 2. The molecule has 2 rings (SSSR count). The lowest BCUT2D eigenvalue weighted by Crippen LogP contribution is -2.09. The first-order valence-corrected chi connectivity index (χ1v) is 5.71. The van der Waals surface area contributed by atoms with Gasteiger partial charge in [0.15, 0.2) is 4.77 Å². The number of hydrogen-bond donors (Lipinski definition) is 2. The van der Waals surface area contributed by atoms with E-state index in [1.54, 1.807) is 0 Å². The van der Waals surface area contributed by atoms with Gasteiger partial charge in [-0.2, -0.15) is 0 Å². The second kappa shape index (κ2) is 4.80. The molecule has 0 amide bonds. The lowest BCUT2D eigenvalue weighted by Gasteiger charge is -2.06. The molecule has 0 spiro atoms. The third-order valence-electron chi connectivity index (χ3n) is 1.90. The molecule has 0 saturated carbocycles. The van der Waals surface area contributed by atoms with E-state index in [4.69, 9.17) is 17.0 Å².